The van der Waals surface area contributed by atoms with Gasteiger partial charge >= 0.3 is 12.1 Å². The monoisotopic (exact) mass is 363 g/mol. The van der Waals surface area contributed by atoms with E-state index >= 15 is 0 Å². The molecule has 0 saturated carbocycles. The van der Waals surface area contributed by atoms with Crippen molar-refractivity contribution >= 4 is 5.97 Å². The van der Waals surface area contributed by atoms with Crippen LogP contribution in [0.25, 0.3) is 0 Å². The Labute approximate surface area is 145 Å². The van der Waals surface area contributed by atoms with Crippen molar-refractivity contribution in [2.75, 3.05) is 34.4 Å². The molecule has 0 bridgehead atoms. The van der Waals surface area contributed by atoms with Gasteiger partial charge in [0.15, 0.2) is 0 Å². The Morgan fingerprint density at radius 3 is 2.28 bits per heavy atom. The second-order valence-corrected chi connectivity index (χ2v) is 5.94. The minimum absolute atomic E-state index is 0.392. The van der Waals surface area contributed by atoms with E-state index in [0.717, 1.165) is 31.7 Å². The number of aliphatic carboxylic acids is 1. The molecule has 1 saturated heterocycles. The van der Waals surface area contributed by atoms with Crippen LogP contribution < -0.4 is 4.74 Å². The number of likely N-dealkylation sites (tertiary alicyclic amines) is 1. The summed E-state index contributed by atoms with van der Waals surface area (Å²) in [6.07, 6.45) is -2.48. The second-order valence-electron chi connectivity index (χ2n) is 5.94. The first-order valence-electron chi connectivity index (χ1n) is 7.81. The van der Waals surface area contributed by atoms with E-state index in [9.17, 15) is 13.2 Å². The maximum Gasteiger partial charge on any atom is 0.490 e. The van der Waals surface area contributed by atoms with Crippen molar-refractivity contribution in [2.24, 2.45) is 5.92 Å². The van der Waals surface area contributed by atoms with Gasteiger partial charge in [0.1, 0.15) is 5.75 Å². The third kappa shape index (κ3) is 7.31. The first-order valence-corrected chi connectivity index (χ1v) is 7.81. The fourth-order valence-electron chi connectivity index (χ4n) is 2.76. The first-order chi connectivity index (χ1) is 11.7. The highest BCUT2D eigenvalue weighted by Gasteiger charge is 2.38. The maximum atomic E-state index is 10.6. The molecule has 0 aromatic heterocycles. The van der Waals surface area contributed by atoms with Crippen molar-refractivity contribution in [3.8, 4) is 5.75 Å². The molecular weight excluding hydrogens is 339 g/mol. The van der Waals surface area contributed by atoms with E-state index in [2.05, 4.69) is 24.1 Å². The lowest BCUT2D eigenvalue weighted by Crippen LogP contribution is -2.42. The molecule has 1 aromatic carbocycles. The summed E-state index contributed by atoms with van der Waals surface area (Å²) in [7, 11) is 5.72. The fourth-order valence-corrected chi connectivity index (χ4v) is 2.76. The third-order valence-corrected chi connectivity index (χ3v) is 4.07. The smallest absolute Gasteiger partial charge is 0.490 e. The zero-order valence-electron chi connectivity index (χ0n) is 14.5. The van der Waals surface area contributed by atoms with E-state index in [0.29, 0.717) is 12.0 Å². The molecule has 8 heteroatoms. The van der Waals surface area contributed by atoms with E-state index in [1.807, 2.05) is 19.2 Å². The van der Waals surface area contributed by atoms with E-state index < -0.39 is 12.1 Å². The lowest BCUT2D eigenvalue weighted by atomic mass is 9.89. The van der Waals surface area contributed by atoms with Crippen molar-refractivity contribution in [2.45, 2.75) is 25.1 Å². The highest BCUT2D eigenvalue weighted by Crippen LogP contribution is 2.23. The molecule has 1 heterocycles. The summed E-state index contributed by atoms with van der Waals surface area (Å²) in [6.45, 7) is 2.25. The van der Waals surface area contributed by atoms with Crippen LogP contribution in [0.3, 0.4) is 0 Å². The number of nitrogens with zero attached hydrogens (tertiary/aromatic N) is 1. The Hall–Kier alpha value is -1.80. The predicted molar refractivity (Wildman–Crippen MR) is 86.8 cm³/mol. The van der Waals surface area contributed by atoms with Gasteiger partial charge in [0.05, 0.1) is 13.2 Å². The lowest BCUT2D eigenvalue weighted by molar-refractivity contribution is -0.192. The number of carboxylic acids is 1. The number of benzene rings is 1. The van der Waals surface area contributed by atoms with Gasteiger partial charge in [0.2, 0.25) is 0 Å². The largest absolute Gasteiger partial charge is 0.497 e. The predicted octanol–water partition coefficient (Wildman–Crippen LogP) is 2.84. The Morgan fingerprint density at radius 2 is 1.84 bits per heavy atom. The van der Waals surface area contributed by atoms with Gasteiger partial charge in [-0.2, -0.15) is 13.2 Å². The number of methoxy groups -OCH3 is 2. The second kappa shape index (κ2) is 9.62. The van der Waals surface area contributed by atoms with E-state index in [1.165, 1.54) is 5.56 Å². The minimum atomic E-state index is -5.08. The number of alkyl halides is 3. The standard InChI is InChI=1S/C15H23NO2.C2HF3O2/c1-16-9-8-15(18-3)13(11-16)10-12-4-6-14(17-2)7-5-12;3-2(4,5)1(6)7/h4-7,13,15H,8-11H2,1-3H3;(H,6,7)/t13-,15-;/m0./s1. The molecule has 0 aliphatic carbocycles. The molecule has 1 fully saturated rings. The molecule has 0 unspecified atom stereocenters. The van der Waals surface area contributed by atoms with Crippen LogP contribution in [0.4, 0.5) is 13.2 Å². The normalized spacial score (nSPS) is 21.2. The summed E-state index contributed by atoms with van der Waals surface area (Å²) in [5, 5.41) is 7.12. The van der Waals surface area contributed by atoms with Gasteiger partial charge in [-0.1, -0.05) is 12.1 Å². The lowest BCUT2D eigenvalue weighted by Gasteiger charge is -2.36. The first kappa shape index (κ1) is 21.2. The maximum absolute atomic E-state index is 10.6. The Kier molecular flexibility index (Phi) is 8.18. The summed E-state index contributed by atoms with van der Waals surface area (Å²) < 4.78 is 42.5. The average Bonchev–Trinajstić information content (AvgIpc) is 2.55. The van der Waals surface area contributed by atoms with Gasteiger partial charge in [-0.25, -0.2) is 4.79 Å². The van der Waals surface area contributed by atoms with Crippen LogP contribution in [0.2, 0.25) is 0 Å². The Morgan fingerprint density at radius 1 is 1.28 bits per heavy atom. The molecule has 2 atom stereocenters. The van der Waals surface area contributed by atoms with Gasteiger partial charge < -0.3 is 19.5 Å². The van der Waals surface area contributed by atoms with Gasteiger partial charge in [-0.3, -0.25) is 0 Å². The van der Waals surface area contributed by atoms with Crippen molar-refractivity contribution in [1.82, 2.24) is 4.90 Å². The summed E-state index contributed by atoms with van der Waals surface area (Å²) in [6, 6.07) is 8.37. The molecule has 1 aliphatic heterocycles. The summed E-state index contributed by atoms with van der Waals surface area (Å²) >= 11 is 0. The van der Waals surface area contributed by atoms with Crippen molar-refractivity contribution in [3.05, 3.63) is 29.8 Å². The quantitative estimate of drug-likeness (QED) is 0.891. The zero-order chi connectivity index (χ0) is 19.0. The molecular formula is C17H24F3NO4. The molecule has 1 aromatic rings. The third-order valence-electron chi connectivity index (χ3n) is 4.07. The number of piperidine rings is 1. The van der Waals surface area contributed by atoms with Crippen LogP contribution in [-0.2, 0) is 16.0 Å². The Bertz CT molecular complexity index is 534. The molecule has 142 valence electrons. The number of ether oxygens (including phenoxy) is 2. The molecule has 0 spiro atoms. The number of carbonyl (C=O) groups is 1. The number of halogens is 3. The van der Waals surface area contributed by atoms with Gasteiger partial charge in [0.25, 0.3) is 0 Å². The molecule has 1 N–H and O–H groups in total. The zero-order valence-corrected chi connectivity index (χ0v) is 14.5. The summed E-state index contributed by atoms with van der Waals surface area (Å²) in [5.74, 6) is -1.25. The van der Waals surface area contributed by atoms with Gasteiger partial charge in [0, 0.05) is 26.1 Å². The highest BCUT2D eigenvalue weighted by atomic mass is 19.4. The van der Waals surface area contributed by atoms with Crippen molar-refractivity contribution in [3.63, 3.8) is 0 Å². The van der Waals surface area contributed by atoms with E-state index in [1.54, 1.807) is 7.11 Å². The molecule has 5 nitrogen and oxygen atoms in total. The van der Waals surface area contributed by atoms with E-state index in [4.69, 9.17) is 19.4 Å². The number of rotatable bonds is 4. The van der Waals surface area contributed by atoms with E-state index in [-0.39, 0.29) is 0 Å². The Balaban J connectivity index is 0.000000381. The minimum Gasteiger partial charge on any atom is -0.497 e. The van der Waals surface area contributed by atoms with Gasteiger partial charge in [-0.15, -0.1) is 0 Å². The van der Waals surface area contributed by atoms with Crippen LogP contribution in [0, 0.1) is 5.92 Å². The van der Waals surface area contributed by atoms with Crippen LogP contribution in [-0.4, -0.2) is 62.6 Å². The highest BCUT2D eigenvalue weighted by molar-refractivity contribution is 5.73. The average molecular weight is 363 g/mol. The number of hydrogen-bond acceptors (Lipinski definition) is 4. The SMILES string of the molecule is COc1ccc(C[C@H]2CN(C)CC[C@@H]2OC)cc1.O=C(O)C(F)(F)F. The van der Waals surface area contributed by atoms with Crippen LogP contribution in [0.1, 0.15) is 12.0 Å². The summed E-state index contributed by atoms with van der Waals surface area (Å²) in [5.41, 5.74) is 1.36. The molecule has 2 rings (SSSR count). The molecule has 0 amide bonds. The van der Waals surface area contributed by atoms with Crippen molar-refractivity contribution in [1.29, 1.82) is 0 Å². The summed E-state index contributed by atoms with van der Waals surface area (Å²) in [4.78, 5) is 11.3. The van der Waals surface area contributed by atoms with Crippen LogP contribution in [0.15, 0.2) is 24.3 Å². The van der Waals surface area contributed by atoms with Crippen LogP contribution >= 0.6 is 0 Å². The van der Waals surface area contributed by atoms with Gasteiger partial charge in [-0.05, 0) is 37.6 Å². The molecule has 0 radical (unpaired) electrons. The van der Waals surface area contributed by atoms with Crippen molar-refractivity contribution < 1.29 is 32.5 Å². The number of hydrogen-bond donors (Lipinski definition) is 1. The molecule has 25 heavy (non-hydrogen) atoms. The number of carboxylic acid groups (broad SMARTS) is 1. The van der Waals surface area contributed by atoms with Crippen LogP contribution in [0.5, 0.6) is 5.75 Å². The molecule has 1 aliphatic rings. The topological polar surface area (TPSA) is 59.0 Å². The fraction of sp³-hybridized carbons (Fsp3) is 0.588.